The Morgan fingerprint density at radius 1 is 1.12 bits per heavy atom. The topological polar surface area (TPSA) is 97.9 Å². The Bertz CT molecular complexity index is 1330. The lowest BCUT2D eigenvalue weighted by molar-refractivity contribution is -0.137. The van der Waals surface area contributed by atoms with Crippen LogP contribution in [0.3, 0.4) is 0 Å². The summed E-state index contributed by atoms with van der Waals surface area (Å²) >= 11 is 3.34. The van der Waals surface area contributed by atoms with Crippen molar-refractivity contribution >= 4 is 38.6 Å². The van der Waals surface area contributed by atoms with Gasteiger partial charge in [0.2, 0.25) is 0 Å². The van der Waals surface area contributed by atoms with Crippen LogP contribution in [0.2, 0.25) is 0 Å². The molecule has 0 saturated heterocycles. The number of alkyl halides is 3. The van der Waals surface area contributed by atoms with Gasteiger partial charge in [0.1, 0.15) is 11.6 Å². The molecule has 0 unspecified atom stereocenters. The highest BCUT2D eigenvalue weighted by atomic mass is 79.9. The minimum atomic E-state index is -4.50. The number of rotatable bonds is 5. The lowest BCUT2D eigenvalue weighted by Crippen LogP contribution is -2.34. The van der Waals surface area contributed by atoms with Crippen LogP contribution in [-0.4, -0.2) is 30.7 Å². The molecule has 3 aromatic heterocycles. The smallest absolute Gasteiger partial charge is 0.383 e. The van der Waals surface area contributed by atoms with Crippen LogP contribution in [0.4, 0.5) is 19.0 Å². The van der Waals surface area contributed by atoms with E-state index >= 15 is 0 Å². The van der Waals surface area contributed by atoms with Crippen molar-refractivity contribution in [2.24, 2.45) is 0 Å². The van der Waals surface area contributed by atoms with E-state index < -0.39 is 17.8 Å². The molecule has 1 atom stereocenters. The first-order valence-electron chi connectivity index (χ1n) is 10.1. The summed E-state index contributed by atoms with van der Waals surface area (Å²) in [5.74, 6) is 0.355. The molecule has 0 saturated carbocycles. The summed E-state index contributed by atoms with van der Waals surface area (Å²) in [6.45, 7) is 1.70. The first-order chi connectivity index (χ1) is 16.1. The number of hydrogen-bond donors (Lipinski definition) is 1. The molecule has 1 amide bonds. The van der Waals surface area contributed by atoms with Crippen LogP contribution >= 0.6 is 15.9 Å². The van der Waals surface area contributed by atoms with Gasteiger partial charge in [-0.1, -0.05) is 0 Å². The normalized spacial score (nSPS) is 12.5. The monoisotopic (exact) mass is 530 g/mol. The number of nitrogens with two attached hydrogens (primary N) is 1. The van der Waals surface area contributed by atoms with Crippen molar-refractivity contribution in [2.45, 2.75) is 25.7 Å². The Hall–Kier alpha value is -3.60. The molecule has 0 aliphatic carbocycles. The highest BCUT2D eigenvalue weighted by molar-refractivity contribution is 9.10. The molecule has 2 N–H and O–H groups in total. The Morgan fingerprint density at radius 3 is 2.50 bits per heavy atom. The third-order valence-electron chi connectivity index (χ3n) is 5.21. The van der Waals surface area contributed by atoms with Crippen LogP contribution in [-0.2, 0) is 12.7 Å². The van der Waals surface area contributed by atoms with E-state index in [2.05, 4.69) is 35.9 Å². The summed E-state index contributed by atoms with van der Waals surface area (Å²) in [5, 5.41) is 0.697. The number of halogens is 4. The summed E-state index contributed by atoms with van der Waals surface area (Å²) in [7, 11) is 0. The number of amides is 1. The van der Waals surface area contributed by atoms with E-state index in [0.717, 1.165) is 12.3 Å². The second kappa shape index (κ2) is 9.34. The zero-order chi connectivity index (χ0) is 24.5. The van der Waals surface area contributed by atoms with Crippen LogP contribution < -0.4 is 5.73 Å². The average molecular weight is 531 g/mol. The molecule has 0 spiro atoms. The summed E-state index contributed by atoms with van der Waals surface area (Å²) in [4.78, 5) is 31.7. The first-order valence-corrected chi connectivity index (χ1v) is 10.9. The van der Waals surface area contributed by atoms with Crippen molar-refractivity contribution < 1.29 is 18.0 Å². The zero-order valence-electron chi connectivity index (χ0n) is 17.8. The van der Waals surface area contributed by atoms with Crippen molar-refractivity contribution in [1.29, 1.82) is 0 Å². The van der Waals surface area contributed by atoms with Crippen molar-refractivity contribution in [3.8, 4) is 0 Å². The molecule has 7 nitrogen and oxygen atoms in total. The van der Waals surface area contributed by atoms with Gasteiger partial charge in [0.15, 0.2) is 0 Å². The number of pyridine rings is 2. The fourth-order valence-electron chi connectivity index (χ4n) is 3.38. The molecule has 0 radical (unpaired) electrons. The van der Waals surface area contributed by atoms with Gasteiger partial charge in [0.05, 0.1) is 33.8 Å². The van der Waals surface area contributed by atoms with Gasteiger partial charge in [-0.3, -0.25) is 9.78 Å². The summed E-state index contributed by atoms with van der Waals surface area (Å²) in [6, 6.07) is 10.0. The Labute approximate surface area is 201 Å². The van der Waals surface area contributed by atoms with E-state index in [-0.39, 0.29) is 12.5 Å². The second-order valence-electron chi connectivity index (χ2n) is 7.51. The average Bonchev–Trinajstić information content (AvgIpc) is 2.82. The molecule has 0 bridgehead atoms. The third kappa shape index (κ3) is 4.98. The first kappa shape index (κ1) is 23.6. The maximum absolute atomic E-state index is 13.6. The SMILES string of the molecule is C[C@H](c1ncccn1)N(Cc1ccc(C(F)(F)F)cn1)C(=O)c1ccc2nc(N)c(Br)cc2c1. The molecule has 0 aliphatic rings. The molecular weight excluding hydrogens is 513 g/mol. The number of nitrogens with zero attached hydrogens (tertiary/aromatic N) is 5. The number of carbonyl (C=O) groups excluding carboxylic acids is 1. The van der Waals surface area contributed by atoms with E-state index in [1.54, 1.807) is 49.6 Å². The number of fused-ring (bicyclic) bond motifs is 1. The maximum Gasteiger partial charge on any atom is 0.417 e. The van der Waals surface area contributed by atoms with Crippen LogP contribution in [0.25, 0.3) is 10.9 Å². The molecule has 11 heteroatoms. The second-order valence-corrected chi connectivity index (χ2v) is 8.37. The van der Waals surface area contributed by atoms with Crippen LogP contribution in [0.5, 0.6) is 0 Å². The van der Waals surface area contributed by atoms with Gasteiger partial charge >= 0.3 is 6.18 Å². The predicted octanol–water partition coefficient (Wildman–Crippen LogP) is 5.19. The van der Waals surface area contributed by atoms with Gasteiger partial charge in [0.25, 0.3) is 5.91 Å². The quantitative estimate of drug-likeness (QED) is 0.381. The van der Waals surface area contributed by atoms with Gasteiger partial charge in [-0.15, -0.1) is 0 Å². The number of carbonyl (C=O) groups is 1. The largest absolute Gasteiger partial charge is 0.417 e. The summed E-state index contributed by atoms with van der Waals surface area (Å²) in [5.41, 5.74) is 6.25. The fraction of sp³-hybridized carbons (Fsp3) is 0.174. The van der Waals surface area contributed by atoms with Gasteiger partial charge in [-0.05, 0) is 65.3 Å². The van der Waals surface area contributed by atoms with Gasteiger partial charge in [0, 0.05) is 29.5 Å². The highest BCUT2D eigenvalue weighted by Gasteiger charge is 2.31. The van der Waals surface area contributed by atoms with E-state index in [4.69, 9.17) is 5.73 Å². The number of anilines is 1. The summed E-state index contributed by atoms with van der Waals surface area (Å²) in [6.07, 6.45) is -0.628. The van der Waals surface area contributed by atoms with Crippen molar-refractivity contribution in [2.75, 3.05) is 5.73 Å². The molecule has 0 fully saturated rings. The third-order valence-corrected chi connectivity index (χ3v) is 5.85. The Balaban J connectivity index is 1.70. The van der Waals surface area contributed by atoms with E-state index in [1.165, 1.54) is 11.0 Å². The van der Waals surface area contributed by atoms with Crippen molar-refractivity contribution in [3.63, 3.8) is 0 Å². The highest BCUT2D eigenvalue weighted by Crippen LogP contribution is 2.30. The molecule has 0 aliphatic heterocycles. The lowest BCUT2D eigenvalue weighted by Gasteiger charge is -2.28. The van der Waals surface area contributed by atoms with Crippen LogP contribution in [0, 0.1) is 0 Å². The van der Waals surface area contributed by atoms with Crippen LogP contribution in [0.1, 0.15) is 40.4 Å². The standard InChI is InChI=1S/C23H18BrF3N6O/c1-13(21-29-7-2-8-30-21)33(12-17-5-4-16(11-31-17)23(25,26)27)22(34)14-3-6-19-15(9-14)10-18(24)20(28)32-19/h2-11,13H,12H2,1H3,(H2,28,32)/t13-/m1/s1. The Kier molecular flexibility index (Phi) is 6.47. The fourth-order valence-corrected chi connectivity index (χ4v) is 3.71. The molecule has 4 aromatic rings. The minimum absolute atomic E-state index is 0.0435. The maximum atomic E-state index is 13.6. The van der Waals surface area contributed by atoms with Crippen molar-refractivity contribution in [3.05, 3.63) is 88.2 Å². The summed E-state index contributed by atoms with van der Waals surface area (Å²) < 4.78 is 39.4. The van der Waals surface area contributed by atoms with Gasteiger partial charge in [-0.25, -0.2) is 15.0 Å². The molecule has 34 heavy (non-hydrogen) atoms. The minimum Gasteiger partial charge on any atom is -0.383 e. The number of benzene rings is 1. The molecule has 174 valence electrons. The number of hydrogen-bond acceptors (Lipinski definition) is 6. The number of aromatic nitrogens is 4. The van der Waals surface area contributed by atoms with Gasteiger partial charge < -0.3 is 10.6 Å². The number of nitrogen functional groups attached to an aromatic ring is 1. The molecule has 3 heterocycles. The van der Waals surface area contributed by atoms with E-state index in [1.807, 2.05) is 0 Å². The predicted molar refractivity (Wildman–Crippen MR) is 123 cm³/mol. The van der Waals surface area contributed by atoms with E-state index in [9.17, 15) is 18.0 Å². The molecular formula is C23H18BrF3N6O. The van der Waals surface area contributed by atoms with Crippen LogP contribution in [0.15, 0.2) is 65.5 Å². The lowest BCUT2D eigenvalue weighted by atomic mass is 10.1. The molecule has 1 aromatic carbocycles. The zero-order valence-corrected chi connectivity index (χ0v) is 19.4. The van der Waals surface area contributed by atoms with Gasteiger partial charge in [-0.2, -0.15) is 13.2 Å². The van der Waals surface area contributed by atoms with Crippen molar-refractivity contribution in [1.82, 2.24) is 24.8 Å². The molecule has 4 rings (SSSR count). The Morgan fingerprint density at radius 2 is 1.85 bits per heavy atom. The van der Waals surface area contributed by atoms with E-state index in [0.29, 0.717) is 38.3 Å².